The van der Waals surface area contributed by atoms with E-state index in [1.54, 1.807) is 0 Å². The Labute approximate surface area is 71.0 Å². The van der Waals surface area contributed by atoms with Crippen LogP contribution >= 0.6 is 0 Å². The van der Waals surface area contributed by atoms with E-state index in [2.05, 4.69) is 9.97 Å². The number of halogens is 3. The molecule has 0 atom stereocenters. The lowest BCUT2D eigenvalue weighted by Crippen LogP contribution is -2.30. The van der Waals surface area contributed by atoms with Gasteiger partial charge in [0.05, 0.1) is 0 Å². The molecule has 0 aliphatic carbocycles. The van der Waals surface area contributed by atoms with Crippen molar-refractivity contribution >= 4 is 16.0 Å². The van der Waals surface area contributed by atoms with Crippen LogP contribution in [0.2, 0.25) is 0 Å². The second kappa shape index (κ2) is 2.91. The Balaban J connectivity index is 2.87. The summed E-state index contributed by atoms with van der Waals surface area (Å²) in [6.07, 6.45) is 2.31. The van der Waals surface area contributed by atoms with E-state index in [0.29, 0.717) is 0 Å². The highest BCUT2D eigenvalue weighted by molar-refractivity contribution is 7.93. The molecule has 13 heavy (non-hydrogen) atoms. The van der Waals surface area contributed by atoms with Gasteiger partial charge in [0.2, 0.25) is 5.95 Å². The van der Waals surface area contributed by atoms with Crippen LogP contribution in [-0.4, -0.2) is 23.9 Å². The molecule has 0 saturated heterocycles. The smallest absolute Gasteiger partial charge is 0.330 e. The fourth-order valence-corrected chi connectivity index (χ4v) is 0.988. The van der Waals surface area contributed by atoms with Crippen LogP contribution in [0.1, 0.15) is 0 Å². The van der Waals surface area contributed by atoms with Crippen LogP contribution in [0.5, 0.6) is 0 Å². The van der Waals surface area contributed by atoms with Crippen LogP contribution in [-0.2, 0) is 10.0 Å². The predicted octanol–water partition coefficient (Wildman–Crippen LogP) is 0.671. The van der Waals surface area contributed by atoms with Gasteiger partial charge >= 0.3 is 15.5 Å². The average molecular weight is 215 g/mol. The first-order valence-corrected chi connectivity index (χ1v) is 4.40. The number of nitrogens with zero attached hydrogens (tertiary/aromatic N) is 1. The molecule has 1 aromatic heterocycles. The largest absolute Gasteiger partial charge is 0.516 e. The first-order valence-electron chi connectivity index (χ1n) is 2.91. The molecule has 74 valence electrons. The maximum atomic E-state index is 11.7. The van der Waals surface area contributed by atoms with E-state index in [-0.39, 0.29) is 0 Å². The van der Waals surface area contributed by atoms with Crippen molar-refractivity contribution in [3.8, 4) is 0 Å². The van der Waals surface area contributed by atoms with Crippen molar-refractivity contribution in [3.05, 3.63) is 12.4 Å². The highest BCUT2D eigenvalue weighted by Gasteiger charge is 2.46. The van der Waals surface area contributed by atoms with Gasteiger partial charge in [-0.3, -0.25) is 0 Å². The van der Waals surface area contributed by atoms with E-state index >= 15 is 0 Å². The van der Waals surface area contributed by atoms with E-state index in [4.69, 9.17) is 0 Å². The number of sulfonamides is 1. The summed E-state index contributed by atoms with van der Waals surface area (Å²) in [5.74, 6) is -0.475. The van der Waals surface area contributed by atoms with Gasteiger partial charge in [0.25, 0.3) is 0 Å². The molecule has 1 rings (SSSR count). The summed E-state index contributed by atoms with van der Waals surface area (Å²) in [7, 11) is -5.36. The molecule has 5 nitrogen and oxygen atoms in total. The Bertz CT molecular complexity index is 368. The topological polar surface area (TPSA) is 74.8 Å². The molecule has 0 radical (unpaired) electrons. The lowest BCUT2D eigenvalue weighted by atomic mass is 11.0. The Hall–Kier alpha value is -1.25. The van der Waals surface area contributed by atoms with Crippen molar-refractivity contribution in [1.29, 1.82) is 0 Å². The molecular formula is C4H4F3N3O2S. The quantitative estimate of drug-likeness (QED) is 0.761. The maximum absolute atomic E-state index is 11.7. The summed E-state index contributed by atoms with van der Waals surface area (Å²) in [5, 5.41) is 0. The molecule has 0 spiro atoms. The molecule has 0 bridgehead atoms. The minimum Gasteiger partial charge on any atom is -0.330 e. The zero-order chi connectivity index (χ0) is 10.1. The monoisotopic (exact) mass is 215 g/mol. The Morgan fingerprint density at radius 1 is 1.46 bits per heavy atom. The van der Waals surface area contributed by atoms with Crippen molar-refractivity contribution in [2.24, 2.45) is 0 Å². The van der Waals surface area contributed by atoms with Gasteiger partial charge < -0.3 is 4.98 Å². The zero-order valence-corrected chi connectivity index (χ0v) is 6.78. The molecule has 0 aliphatic heterocycles. The molecule has 0 aromatic carbocycles. The van der Waals surface area contributed by atoms with Crippen LogP contribution in [0.4, 0.5) is 19.1 Å². The first-order chi connectivity index (χ1) is 5.83. The molecule has 2 N–H and O–H groups in total. The van der Waals surface area contributed by atoms with Gasteiger partial charge in [-0.15, -0.1) is 0 Å². The number of hydrogen-bond acceptors (Lipinski definition) is 3. The number of nitrogens with one attached hydrogen (secondary N) is 2. The van der Waals surface area contributed by atoms with Crippen LogP contribution in [0.15, 0.2) is 12.4 Å². The average Bonchev–Trinajstić information content (AvgIpc) is 2.35. The summed E-state index contributed by atoms with van der Waals surface area (Å²) in [6, 6.07) is 0. The molecule has 1 aromatic rings. The number of rotatable bonds is 2. The fraction of sp³-hybridized carbons (Fsp3) is 0.250. The summed E-state index contributed by atoms with van der Waals surface area (Å²) in [5.41, 5.74) is -5.33. The Morgan fingerprint density at radius 3 is 2.46 bits per heavy atom. The minimum atomic E-state index is -5.36. The Morgan fingerprint density at radius 2 is 2.08 bits per heavy atom. The van der Waals surface area contributed by atoms with Gasteiger partial charge in [-0.2, -0.15) is 21.6 Å². The van der Waals surface area contributed by atoms with Crippen molar-refractivity contribution in [3.63, 3.8) is 0 Å². The van der Waals surface area contributed by atoms with Crippen LogP contribution in [0.3, 0.4) is 0 Å². The van der Waals surface area contributed by atoms with Crippen molar-refractivity contribution in [2.45, 2.75) is 5.51 Å². The molecular weight excluding hydrogens is 211 g/mol. The Kier molecular flexibility index (Phi) is 2.20. The second-order valence-electron chi connectivity index (χ2n) is 1.99. The number of alkyl halides is 3. The maximum Gasteiger partial charge on any atom is 0.516 e. The third kappa shape index (κ3) is 2.11. The summed E-state index contributed by atoms with van der Waals surface area (Å²) in [6.45, 7) is 0. The molecule has 0 unspecified atom stereocenters. The highest BCUT2D eigenvalue weighted by atomic mass is 32.2. The van der Waals surface area contributed by atoms with Crippen LogP contribution in [0, 0.1) is 0 Å². The number of anilines is 1. The first kappa shape index (κ1) is 9.84. The van der Waals surface area contributed by atoms with Gasteiger partial charge in [-0.25, -0.2) is 9.71 Å². The van der Waals surface area contributed by atoms with E-state index < -0.39 is 21.5 Å². The molecule has 0 saturated carbocycles. The van der Waals surface area contributed by atoms with Gasteiger partial charge in [0.1, 0.15) is 0 Å². The molecule has 0 fully saturated rings. The van der Waals surface area contributed by atoms with Crippen LogP contribution in [0.25, 0.3) is 0 Å². The van der Waals surface area contributed by atoms with Crippen molar-refractivity contribution in [1.82, 2.24) is 9.97 Å². The summed E-state index contributed by atoms with van der Waals surface area (Å²) in [4.78, 5) is 5.43. The van der Waals surface area contributed by atoms with E-state index in [9.17, 15) is 21.6 Å². The fourth-order valence-electron chi connectivity index (χ4n) is 0.506. The number of aromatic amines is 1. The van der Waals surface area contributed by atoms with E-state index in [1.165, 1.54) is 10.9 Å². The van der Waals surface area contributed by atoms with Crippen molar-refractivity contribution in [2.75, 3.05) is 4.72 Å². The third-order valence-corrected chi connectivity index (χ3v) is 2.11. The second-order valence-corrected chi connectivity index (χ2v) is 3.66. The predicted molar refractivity (Wildman–Crippen MR) is 37.2 cm³/mol. The summed E-state index contributed by atoms with van der Waals surface area (Å²) < 4.78 is 57.3. The van der Waals surface area contributed by atoms with Gasteiger partial charge in [0.15, 0.2) is 0 Å². The number of hydrogen-bond donors (Lipinski definition) is 2. The standard InChI is InChI=1S/C4H4F3N3O2S/c5-4(6,7)13(11,12)10-3-8-1-2-9-3/h1-2H,(H2,8,9,10). The number of aromatic nitrogens is 2. The van der Waals surface area contributed by atoms with Crippen LogP contribution < -0.4 is 4.72 Å². The minimum absolute atomic E-state index is 0.475. The zero-order valence-electron chi connectivity index (χ0n) is 5.96. The van der Waals surface area contributed by atoms with Gasteiger partial charge in [-0.05, 0) is 0 Å². The van der Waals surface area contributed by atoms with Gasteiger partial charge in [0, 0.05) is 12.4 Å². The molecule has 0 aliphatic rings. The molecule has 9 heteroatoms. The SMILES string of the molecule is O=S(=O)(Nc1ncc[nH]1)C(F)(F)F. The van der Waals surface area contributed by atoms with Crippen molar-refractivity contribution < 1.29 is 21.6 Å². The number of H-pyrrole nitrogens is 1. The summed E-state index contributed by atoms with van der Waals surface area (Å²) >= 11 is 0. The molecule has 1 heterocycles. The van der Waals surface area contributed by atoms with E-state index in [0.717, 1.165) is 6.20 Å². The lowest BCUT2D eigenvalue weighted by Gasteiger charge is -2.07. The highest BCUT2D eigenvalue weighted by Crippen LogP contribution is 2.23. The molecule has 0 amide bonds. The third-order valence-electron chi connectivity index (χ3n) is 1.03. The normalized spacial score (nSPS) is 12.8. The van der Waals surface area contributed by atoms with E-state index in [1.807, 2.05) is 0 Å². The number of imidazole rings is 1. The lowest BCUT2D eigenvalue weighted by molar-refractivity contribution is -0.0429. The van der Waals surface area contributed by atoms with Gasteiger partial charge in [-0.1, -0.05) is 0 Å².